The molecule has 0 bridgehead atoms. The van der Waals surface area contributed by atoms with Crippen LogP contribution in [0.2, 0.25) is 5.02 Å². The Balaban J connectivity index is 2.29. The molecule has 0 aliphatic rings. The number of carbonyl (C=O) groups is 4. The Morgan fingerprint density at radius 1 is 0.947 bits per heavy atom. The Labute approximate surface area is 225 Å². The molecule has 0 saturated heterocycles. The van der Waals surface area contributed by atoms with Gasteiger partial charge in [-0.3, -0.25) is 4.79 Å². The molecule has 11 nitrogen and oxygen atoms in total. The number of hydrogen-bond donors (Lipinski definition) is 2. The van der Waals surface area contributed by atoms with E-state index in [1.807, 2.05) is 0 Å². The highest BCUT2D eigenvalue weighted by molar-refractivity contribution is 6.31. The fraction of sp³-hybridized carbons (Fsp3) is 0.346. The van der Waals surface area contributed by atoms with Gasteiger partial charge in [0.2, 0.25) is 5.96 Å². The SMILES string of the molecule is CC(C)(C)OC(=O)N=C(N)N(C(=O)OC(C)(C)C)c1ccc(C(=O)Oc2ccc(CC(=O)O)c(Cl)c2)cc1. The molecule has 2 aromatic carbocycles. The van der Waals surface area contributed by atoms with Crippen LogP contribution in [0.4, 0.5) is 15.3 Å². The number of ether oxygens (including phenoxy) is 3. The van der Waals surface area contributed by atoms with Crippen LogP contribution in [-0.2, 0) is 20.7 Å². The van der Waals surface area contributed by atoms with Gasteiger partial charge in [-0.2, -0.15) is 0 Å². The lowest BCUT2D eigenvalue weighted by Crippen LogP contribution is -2.45. The lowest BCUT2D eigenvalue weighted by Gasteiger charge is -2.27. The Hall–Kier alpha value is -4.12. The van der Waals surface area contributed by atoms with Crippen molar-refractivity contribution in [1.29, 1.82) is 0 Å². The second kappa shape index (κ2) is 12.0. The van der Waals surface area contributed by atoms with Crippen molar-refractivity contribution >= 4 is 47.4 Å². The number of nitrogens with zero attached hydrogens (tertiary/aromatic N) is 2. The normalized spacial score (nSPS) is 11.9. The molecule has 204 valence electrons. The van der Waals surface area contributed by atoms with Crippen LogP contribution in [0.25, 0.3) is 0 Å². The minimum absolute atomic E-state index is 0.113. The molecule has 0 radical (unpaired) electrons. The third-order valence-electron chi connectivity index (χ3n) is 4.34. The lowest BCUT2D eigenvalue weighted by molar-refractivity contribution is -0.136. The third-order valence-corrected chi connectivity index (χ3v) is 4.69. The van der Waals surface area contributed by atoms with Crippen molar-refractivity contribution in [1.82, 2.24) is 0 Å². The average molecular weight is 548 g/mol. The fourth-order valence-corrected chi connectivity index (χ4v) is 3.11. The van der Waals surface area contributed by atoms with Gasteiger partial charge in [0.15, 0.2) is 0 Å². The molecule has 38 heavy (non-hydrogen) atoms. The first kappa shape index (κ1) is 30.1. The molecular weight excluding hydrogens is 518 g/mol. The highest BCUT2D eigenvalue weighted by atomic mass is 35.5. The summed E-state index contributed by atoms with van der Waals surface area (Å²) < 4.78 is 15.8. The van der Waals surface area contributed by atoms with Gasteiger partial charge in [-0.25, -0.2) is 19.3 Å². The number of halogens is 1. The Bertz CT molecular complexity index is 1240. The van der Waals surface area contributed by atoms with Crippen molar-refractivity contribution in [3.63, 3.8) is 0 Å². The van der Waals surface area contributed by atoms with E-state index in [2.05, 4.69) is 4.99 Å². The molecule has 2 rings (SSSR count). The van der Waals surface area contributed by atoms with E-state index in [4.69, 9.17) is 36.7 Å². The molecule has 0 heterocycles. The van der Waals surface area contributed by atoms with Gasteiger partial charge in [0.1, 0.15) is 17.0 Å². The van der Waals surface area contributed by atoms with E-state index in [0.29, 0.717) is 5.56 Å². The van der Waals surface area contributed by atoms with Gasteiger partial charge in [0.25, 0.3) is 0 Å². The number of amides is 2. The standard InChI is InChI=1S/C26H30ClN3O8/c1-25(2,3)37-23(34)29-22(28)30(24(35)38-26(4,5)6)17-10-7-15(8-11-17)21(33)36-18-12-9-16(13-20(31)32)19(27)14-18/h7-12,14H,13H2,1-6H3,(H,31,32)(H2,28,29,34). The molecule has 0 atom stereocenters. The number of carbonyl (C=O) groups excluding carboxylic acids is 3. The minimum Gasteiger partial charge on any atom is -0.481 e. The van der Waals surface area contributed by atoms with Crippen molar-refractivity contribution < 1.29 is 38.5 Å². The number of aliphatic carboxylic acids is 1. The number of carboxylic acids is 1. The van der Waals surface area contributed by atoms with Gasteiger partial charge in [-0.05, 0) is 83.5 Å². The number of nitrogens with two attached hydrogens (primary N) is 1. The predicted octanol–water partition coefficient (Wildman–Crippen LogP) is 5.18. The van der Waals surface area contributed by atoms with Gasteiger partial charge < -0.3 is 25.1 Å². The quantitative estimate of drug-likeness (QED) is 0.222. The van der Waals surface area contributed by atoms with Gasteiger partial charge >= 0.3 is 24.1 Å². The van der Waals surface area contributed by atoms with Crippen molar-refractivity contribution in [3.8, 4) is 5.75 Å². The fourth-order valence-electron chi connectivity index (χ4n) is 2.88. The van der Waals surface area contributed by atoms with Crippen LogP contribution in [0.3, 0.4) is 0 Å². The summed E-state index contributed by atoms with van der Waals surface area (Å²) in [7, 11) is 0. The Morgan fingerprint density at radius 2 is 1.53 bits per heavy atom. The maximum absolute atomic E-state index is 12.9. The van der Waals surface area contributed by atoms with E-state index in [1.165, 1.54) is 42.5 Å². The number of benzene rings is 2. The van der Waals surface area contributed by atoms with Crippen molar-refractivity contribution in [2.24, 2.45) is 10.7 Å². The first-order valence-electron chi connectivity index (χ1n) is 11.4. The lowest BCUT2D eigenvalue weighted by atomic mass is 10.1. The zero-order chi connectivity index (χ0) is 28.8. The van der Waals surface area contributed by atoms with Crippen LogP contribution in [0, 0.1) is 0 Å². The highest BCUT2D eigenvalue weighted by Crippen LogP contribution is 2.25. The van der Waals surface area contributed by atoms with Gasteiger partial charge in [0, 0.05) is 5.02 Å². The summed E-state index contributed by atoms with van der Waals surface area (Å²) in [5, 5.41) is 9.05. The van der Waals surface area contributed by atoms with Crippen molar-refractivity contribution in [3.05, 3.63) is 58.6 Å². The van der Waals surface area contributed by atoms with Gasteiger partial charge in [0.05, 0.1) is 17.7 Å². The van der Waals surface area contributed by atoms with E-state index < -0.39 is 41.3 Å². The maximum Gasteiger partial charge on any atom is 0.437 e. The van der Waals surface area contributed by atoms with Crippen molar-refractivity contribution in [2.75, 3.05) is 4.90 Å². The molecular formula is C26H30ClN3O8. The number of guanidine groups is 1. The number of esters is 1. The van der Waals surface area contributed by atoms with Crippen LogP contribution in [0.1, 0.15) is 57.5 Å². The molecule has 0 unspecified atom stereocenters. The molecule has 0 aliphatic heterocycles. The maximum atomic E-state index is 12.9. The summed E-state index contributed by atoms with van der Waals surface area (Å²) in [6.07, 6.45) is -2.19. The zero-order valence-corrected chi connectivity index (χ0v) is 22.7. The molecule has 3 N–H and O–H groups in total. The monoisotopic (exact) mass is 547 g/mol. The number of anilines is 1. The van der Waals surface area contributed by atoms with E-state index in [1.54, 1.807) is 41.5 Å². The first-order valence-corrected chi connectivity index (χ1v) is 11.8. The van der Waals surface area contributed by atoms with E-state index in [9.17, 15) is 19.2 Å². The molecule has 0 fully saturated rings. The highest BCUT2D eigenvalue weighted by Gasteiger charge is 2.28. The second-order valence-corrected chi connectivity index (χ2v) is 10.4. The zero-order valence-electron chi connectivity index (χ0n) is 21.9. The van der Waals surface area contributed by atoms with E-state index in [0.717, 1.165) is 4.90 Å². The van der Waals surface area contributed by atoms with Gasteiger partial charge in [-0.1, -0.05) is 17.7 Å². The first-order chi connectivity index (χ1) is 17.4. The predicted molar refractivity (Wildman–Crippen MR) is 141 cm³/mol. The Kier molecular flexibility index (Phi) is 9.47. The summed E-state index contributed by atoms with van der Waals surface area (Å²) >= 11 is 6.07. The minimum atomic E-state index is -1.05. The molecule has 2 amide bonds. The summed E-state index contributed by atoms with van der Waals surface area (Å²) in [5.74, 6) is -2.17. The van der Waals surface area contributed by atoms with Gasteiger partial charge in [-0.15, -0.1) is 4.99 Å². The average Bonchev–Trinajstić information content (AvgIpc) is 2.73. The summed E-state index contributed by atoms with van der Waals surface area (Å²) in [4.78, 5) is 53.1. The van der Waals surface area contributed by atoms with Crippen molar-refractivity contribution in [2.45, 2.75) is 59.2 Å². The smallest absolute Gasteiger partial charge is 0.437 e. The summed E-state index contributed by atoms with van der Waals surface area (Å²) in [5.41, 5.74) is 4.91. The van der Waals surface area contributed by atoms with Crippen LogP contribution < -0.4 is 15.4 Å². The summed E-state index contributed by atoms with van der Waals surface area (Å²) in [6, 6.07) is 9.74. The molecule has 0 aliphatic carbocycles. The third kappa shape index (κ3) is 9.40. The van der Waals surface area contributed by atoms with E-state index >= 15 is 0 Å². The topological polar surface area (TPSA) is 158 Å². The molecule has 0 spiro atoms. The molecule has 12 heteroatoms. The number of hydrogen-bond acceptors (Lipinski definition) is 7. The van der Waals surface area contributed by atoms with Crippen LogP contribution in [0.15, 0.2) is 47.5 Å². The Morgan fingerprint density at radius 3 is 2.03 bits per heavy atom. The summed E-state index contributed by atoms with van der Waals surface area (Å²) in [6.45, 7) is 9.92. The second-order valence-electron chi connectivity index (χ2n) is 10.0. The van der Waals surface area contributed by atoms with Crippen LogP contribution in [0.5, 0.6) is 5.75 Å². The molecule has 0 saturated carbocycles. The number of rotatable bonds is 5. The number of aliphatic imine (C=N–C) groups is 1. The number of carboxylic acid groups (broad SMARTS) is 1. The van der Waals surface area contributed by atoms with Crippen LogP contribution >= 0.6 is 11.6 Å². The van der Waals surface area contributed by atoms with Crippen LogP contribution in [-0.4, -0.2) is 46.4 Å². The van der Waals surface area contributed by atoms with E-state index in [-0.39, 0.29) is 28.4 Å². The molecule has 0 aromatic heterocycles. The largest absolute Gasteiger partial charge is 0.481 e. The molecule has 2 aromatic rings.